The summed E-state index contributed by atoms with van der Waals surface area (Å²) in [5, 5.41) is 9.21. The van der Waals surface area contributed by atoms with Gasteiger partial charge in [-0.3, -0.25) is 0 Å². The van der Waals surface area contributed by atoms with E-state index >= 15 is 0 Å². The van der Waals surface area contributed by atoms with Gasteiger partial charge in [0.15, 0.2) is 0 Å². The number of alkyl halides is 5. The van der Waals surface area contributed by atoms with Crippen LogP contribution in [0.2, 0.25) is 0 Å². The van der Waals surface area contributed by atoms with Crippen molar-refractivity contribution in [2.24, 2.45) is 0 Å². The van der Waals surface area contributed by atoms with E-state index in [1.807, 2.05) is 0 Å². The lowest BCUT2D eigenvalue weighted by molar-refractivity contribution is -0.290. The molecule has 0 saturated carbocycles. The van der Waals surface area contributed by atoms with Crippen molar-refractivity contribution in [3.8, 4) is 0 Å². The Bertz CT molecular complexity index is 369. The van der Waals surface area contributed by atoms with Gasteiger partial charge in [-0.25, -0.2) is 4.39 Å². The van der Waals surface area contributed by atoms with Crippen LogP contribution in [0, 0.1) is 5.82 Å². The van der Waals surface area contributed by atoms with Crippen molar-refractivity contribution in [2.45, 2.75) is 24.6 Å². The molecular weight excluding hydrogens is 250 g/mol. The normalized spacial score (nSPS) is 14.8. The van der Waals surface area contributed by atoms with Crippen molar-refractivity contribution in [3.05, 3.63) is 35.6 Å². The average Bonchev–Trinajstić information content (AvgIpc) is 2.16. The molecule has 17 heavy (non-hydrogen) atoms. The summed E-state index contributed by atoms with van der Waals surface area (Å²) in [5.74, 6) is -5.66. The fourth-order valence-electron chi connectivity index (χ4n) is 1.16. The van der Waals surface area contributed by atoms with Gasteiger partial charge in [-0.2, -0.15) is 22.0 Å². The molecular formula is C10H8F6O. The second kappa shape index (κ2) is 4.56. The number of aliphatic hydroxyl groups is 1. The van der Waals surface area contributed by atoms with E-state index in [1.165, 1.54) is 0 Å². The zero-order chi connectivity index (χ0) is 13.3. The molecule has 0 bridgehead atoms. The van der Waals surface area contributed by atoms with E-state index in [0.717, 1.165) is 24.3 Å². The Hall–Kier alpha value is -1.24. The SMILES string of the molecule is OC(CC(F)(F)C(F)(F)F)c1ccc(F)cc1. The molecule has 1 rings (SSSR count). The highest BCUT2D eigenvalue weighted by molar-refractivity contribution is 5.18. The highest BCUT2D eigenvalue weighted by Gasteiger charge is 2.58. The number of aliphatic hydroxyl groups excluding tert-OH is 1. The highest BCUT2D eigenvalue weighted by atomic mass is 19.4. The molecule has 0 spiro atoms. The Morgan fingerprint density at radius 2 is 1.47 bits per heavy atom. The van der Waals surface area contributed by atoms with Crippen LogP contribution in [0.25, 0.3) is 0 Å². The van der Waals surface area contributed by atoms with Crippen LogP contribution in [-0.2, 0) is 0 Å². The highest BCUT2D eigenvalue weighted by Crippen LogP contribution is 2.41. The molecule has 0 aliphatic carbocycles. The van der Waals surface area contributed by atoms with E-state index in [1.54, 1.807) is 0 Å². The van der Waals surface area contributed by atoms with Crippen LogP contribution in [0.1, 0.15) is 18.1 Å². The molecule has 0 amide bonds. The van der Waals surface area contributed by atoms with Gasteiger partial charge >= 0.3 is 12.1 Å². The van der Waals surface area contributed by atoms with Crippen molar-refractivity contribution in [2.75, 3.05) is 0 Å². The Morgan fingerprint density at radius 3 is 1.88 bits per heavy atom. The number of hydrogen-bond donors (Lipinski definition) is 1. The summed E-state index contributed by atoms with van der Waals surface area (Å²) >= 11 is 0. The predicted octanol–water partition coefficient (Wildman–Crippen LogP) is 3.45. The lowest BCUT2D eigenvalue weighted by Crippen LogP contribution is -2.37. The van der Waals surface area contributed by atoms with Crippen molar-refractivity contribution in [1.29, 1.82) is 0 Å². The summed E-state index contributed by atoms with van der Waals surface area (Å²) in [5.41, 5.74) is -0.199. The molecule has 0 saturated heterocycles. The first kappa shape index (κ1) is 13.8. The van der Waals surface area contributed by atoms with Crippen molar-refractivity contribution in [1.82, 2.24) is 0 Å². The zero-order valence-electron chi connectivity index (χ0n) is 8.31. The maximum atomic E-state index is 12.6. The lowest BCUT2D eigenvalue weighted by Gasteiger charge is -2.22. The largest absolute Gasteiger partial charge is 0.453 e. The molecule has 1 atom stereocenters. The van der Waals surface area contributed by atoms with Gasteiger partial charge in [0.25, 0.3) is 0 Å². The van der Waals surface area contributed by atoms with Crippen molar-refractivity contribution >= 4 is 0 Å². The van der Waals surface area contributed by atoms with Crippen LogP contribution in [0.4, 0.5) is 26.3 Å². The molecule has 1 unspecified atom stereocenters. The summed E-state index contributed by atoms with van der Waals surface area (Å²) in [6.45, 7) is 0. The molecule has 0 heterocycles. The van der Waals surface area contributed by atoms with E-state index < -0.39 is 30.4 Å². The molecule has 0 aromatic heterocycles. The third kappa shape index (κ3) is 3.36. The fourth-order valence-corrected chi connectivity index (χ4v) is 1.16. The van der Waals surface area contributed by atoms with Crippen molar-refractivity contribution in [3.63, 3.8) is 0 Å². The minimum absolute atomic E-state index is 0.199. The first-order chi connectivity index (χ1) is 7.63. The summed E-state index contributed by atoms with van der Waals surface area (Å²) in [6, 6.07) is 3.63. The van der Waals surface area contributed by atoms with Gasteiger partial charge in [-0.1, -0.05) is 12.1 Å². The topological polar surface area (TPSA) is 20.2 Å². The minimum Gasteiger partial charge on any atom is -0.388 e. The maximum absolute atomic E-state index is 12.6. The van der Waals surface area contributed by atoms with E-state index in [2.05, 4.69) is 0 Å². The van der Waals surface area contributed by atoms with Gasteiger partial charge in [0.2, 0.25) is 0 Å². The fraction of sp³-hybridized carbons (Fsp3) is 0.400. The number of rotatable bonds is 3. The molecule has 0 aliphatic heterocycles. The molecule has 96 valence electrons. The molecule has 0 fully saturated rings. The number of hydrogen-bond acceptors (Lipinski definition) is 1. The monoisotopic (exact) mass is 258 g/mol. The van der Waals surface area contributed by atoms with E-state index in [0.29, 0.717) is 0 Å². The first-order valence-electron chi connectivity index (χ1n) is 4.51. The summed E-state index contributed by atoms with van der Waals surface area (Å²) < 4.78 is 73.2. The Morgan fingerprint density at radius 1 is 1.00 bits per heavy atom. The molecule has 1 nitrogen and oxygen atoms in total. The summed E-state index contributed by atoms with van der Waals surface area (Å²) in [6.07, 6.45) is -9.51. The third-order valence-corrected chi connectivity index (χ3v) is 2.12. The van der Waals surface area contributed by atoms with Gasteiger partial charge in [-0.15, -0.1) is 0 Å². The molecule has 1 aromatic rings. The standard InChI is InChI=1S/C10H8F6O/c11-7-3-1-6(2-4-7)8(17)5-9(12,13)10(14,15)16/h1-4,8,17H,5H2. The minimum atomic E-state index is -5.71. The smallest absolute Gasteiger partial charge is 0.388 e. The van der Waals surface area contributed by atoms with Gasteiger partial charge in [0.05, 0.1) is 12.5 Å². The van der Waals surface area contributed by atoms with Crippen molar-refractivity contribution < 1.29 is 31.4 Å². The Kier molecular flexibility index (Phi) is 3.71. The van der Waals surface area contributed by atoms with Gasteiger partial charge < -0.3 is 5.11 Å². The molecule has 1 aromatic carbocycles. The van der Waals surface area contributed by atoms with Gasteiger partial charge in [-0.05, 0) is 17.7 Å². The van der Waals surface area contributed by atoms with Crippen LogP contribution >= 0.6 is 0 Å². The van der Waals surface area contributed by atoms with E-state index in [-0.39, 0.29) is 5.56 Å². The molecule has 0 radical (unpaired) electrons. The third-order valence-electron chi connectivity index (χ3n) is 2.12. The van der Waals surface area contributed by atoms with Gasteiger partial charge in [0, 0.05) is 0 Å². The predicted molar refractivity (Wildman–Crippen MR) is 47.0 cm³/mol. The second-order valence-corrected chi connectivity index (χ2v) is 3.47. The van der Waals surface area contributed by atoms with Crippen LogP contribution < -0.4 is 0 Å². The van der Waals surface area contributed by atoms with Crippen LogP contribution in [0.15, 0.2) is 24.3 Å². The molecule has 1 N–H and O–H groups in total. The van der Waals surface area contributed by atoms with Crippen LogP contribution in [-0.4, -0.2) is 17.2 Å². The summed E-state index contributed by atoms with van der Waals surface area (Å²) in [4.78, 5) is 0. The Labute approximate surface area is 92.7 Å². The van der Waals surface area contributed by atoms with E-state index in [4.69, 9.17) is 0 Å². The average molecular weight is 258 g/mol. The second-order valence-electron chi connectivity index (χ2n) is 3.47. The molecule has 0 aliphatic rings. The lowest BCUT2D eigenvalue weighted by atomic mass is 10.0. The van der Waals surface area contributed by atoms with Crippen LogP contribution in [0.3, 0.4) is 0 Å². The zero-order valence-corrected chi connectivity index (χ0v) is 8.31. The Balaban J connectivity index is 2.79. The molecule has 7 heteroatoms. The van der Waals surface area contributed by atoms with E-state index in [9.17, 15) is 31.4 Å². The summed E-state index contributed by atoms with van der Waals surface area (Å²) in [7, 11) is 0. The van der Waals surface area contributed by atoms with Gasteiger partial charge in [0.1, 0.15) is 5.82 Å². The quantitative estimate of drug-likeness (QED) is 0.823. The first-order valence-corrected chi connectivity index (χ1v) is 4.51. The number of benzene rings is 1. The maximum Gasteiger partial charge on any atom is 0.453 e. The van der Waals surface area contributed by atoms with Crippen LogP contribution in [0.5, 0.6) is 0 Å². The number of halogens is 6.